The van der Waals surface area contributed by atoms with E-state index >= 15 is 0 Å². The van der Waals surface area contributed by atoms with E-state index in [1.807, 2.05) is 65.8 Å². The summed E-state index contributed by atoms with van der Waals surface area (Å²) in [5.74, 6) is -1.51. The maximum absolute atomic E-state index is 12.2. The van der Waals surface area contributed by atoms with Gasteiger partial charge in [-0.2, -0.15) is 0 Å². The van der Waals surface area contributed by atoms with E-state index in [2.05, 4.69) is 19.9 Å². The highest BCUT2D eigenvalue weighted by molar-refractivity contribution is 5.91. The van der Waals surface area contributed by atoms with E-state index in [0.29, 0.717) is 11.1 Å². The van der Waals surface area contributed by atoms with Crippen molar-refractivity contribution in [2.45, 2.75) is 52.4 Å². The largest absolute Gasteiger partial charge is 0.376 e. The van der Waals surface area contributed by atoms with Gasteiger partial charge in [0.1, 0.15) is 0 Å². The van der Waals surface area contributed by atoms with E-state index in [0.717, 1.165) is 11.1 Å². The minimum atomic E-state index is -0.753. The molecule has 2 aromatic carbocycles. The fraction of sp³-hybridized carbons (Fsp3) is 0.364. The second kappa shape index (κ2) is 8.54. The van der Waals surface area contributed by atoms with Gasteiger partial charge in [-0.1, -0.05) is 77.9 Å². The molecule has 0 aliphatic rings. The van der Waals surface area contributed by atoms with E-state index in [9.17, 15) is 9.59 Å². The Bertz CT molecular complexity index is 771. The van der Waals surface area contributed by atoms with Crippen LogP contribution in [0.15, 0.2) is 48.5 Å². The quantitative estimate of drug-likeness (QED) is 0.406. The van der Waals surface area contributed by atoms with Crippen molar-refractivity contribution in [1.29, 1.82) is 0 Å². The molecule has 0 heterocycles. The molecule has 0 bridgehead atoms. The first-order valence-corrected chi connectivity index (χ1v) is 8.97. The van der Waals surface area contributed by atoms with E-state index in [4.69, 9.17) is 0 Å². The number of carbonyl (C=O) groups excluding carboxylic acids is 2. The molecule has 0 fully saturated rings. The molecule has 28 heavy (non-hydrogen) atoms. The Kier molecular flexibility index (Phi) is 6.59. The van der Waals surface area contributed by atoms with Crippen LogP contribution in [0.3, 0.4) is 0 Å². The van der Waals surface area contributed by atoms with E-state index in [1.165, 1.54) is 0 Å². The minimum Gasteiger partial charge on any atom is -0.260 e. The molecule has 0 amide bonds. The Morgan fingerprint density at radius 2 is 0.929 bits per heavy atom. The summed E-state index contributed by atoms with van der Waals surface area (Å²) in [7, 11) is 0. The highest BCUT2D eigenvalue weighted by Crippen LogP contribution is 2.27. The molecule has 6 nitrogen and oxygen atoms in total. The molecule has 0 spiro atoms. The maximum Gasteiger partial charge on any atom is 0.376 e. The summed E-state index contributed by atoms with van der Waals surface area (Å²) in [5, 5.41) is 8.69. The van der Waals surface area contributed by atoms with Crippen molar-refractivity contribution < 1.29 is 29.4 Å². The standard InChI is InChI=1S/C22H26O6/c1-21(2,3)17-13-9-7-11-15(17)19(23)25-27-28-26-20(24)16-12-8-10-14-18(16)22(4,5)6/h7-14H,1-6H3. The van der Waals surface area contributed by atoms with Gasteiger partial charge in [-0.25, -0.2) is 9.59 Å². The van der Waals surface area contributed by atoms with Gasteiger partial charge in [-0.15, -0.1) is 0 Å². The Morgan fingerprint density at radius 1 is 0.607 bits per heavy atom. The topological polar surface area (TPSA) is 71.1 Å². The zero-order valence-electron chi connectivity index (χ0n) is 17.1. The third-order valence-electron chi connectivity index (χ3n) is 4.16. The normalized spacial score (nSPS) is 11.8. The van der Waals surface area contributed by atoms with E-state index < -0.39 is 11.9 Å². The summed E-state index contributed by atoms with van der Waals surface area (Å²) in [6.07, 6.45) is 0. The fourth-order valence-electron chi connectivity index (χ4n) is 2.81. The summed E-state index contributed by atoms with van der Waals surface area (Å²) in [6.45, 7) is 11.9. The average molecular weight is 386 g/mol. The smallest absolute Gasteiger partial charge is 0.260 e. The first-order chi connectivity index (χ1) is 13.0. The summed E-state index contributed by atoms with van der Waals surface area (Å²) in [4.78, 5) is 33.7. The van der Waals surface area contributed by atoms with Gasteiger partial charge in [0.05, 0.1) is 11.1 Å². The predicted molar refractivity (Wildman–Crippen MR) is 103 cm³/mol. The van der Waals surface area contributed by atoms with Crippen molar-refractivity contribution in [3.63, 3.8) is 0 Å². The molecule has 0 saturated carbocycles. The Morgan fingerprint density at radius 3 is 1.25 bits per heavy atom. The molecule has 0 N–H and O–H groups in total. The summed E-state index contributed by atoms with van der Waals surface area (Å²) < 4.78 is 0. The molecular weight excluding hydrogens is 360 g/mol. The number of carbonyl (C=O) groups is 2. The Hall–Kier alpha value is -2.70. The first kappa shape index (κ1) is 21.6. The van der Waals surface area contributed by atoms with E-state index in [1.54, 1.807) is 24.3 Å². The molecule has 2 rings (SSSR count). The second-order valence-corrected chi connectivity index (χ2v) is 8.47. The van der Waals surface area contributed by atoms with Crippen molar-refractivity contribution >= 4 is 11.9 Å². The minimum absolute atomic E-state index is 0.264. The van der Waals surface area contributed by atoms with Crippen LogP contribution in [0.1, 0.15) is 73.4 Å². The van der Waals surface area contributed by atoms with Crippen LogP contribution < -0.4 is 0 Å². The second-order valence-electron chi connectivity index (χ2n) is 8.47. The van der Waals surface area contributed by atoms with Gasteiger partial charge in [0.25, 0.3) is 0 Å². The highest BCUT2D eigenvalue weighted by atomic mass is 17.7. The molecule has 0 unspecified atom stereocenters. The predicted octanol–water partition coefficient (Wildman–Crippen LogP) is 5.07. The third kappa shape index (κ3) is 5.41. The molecule has 6 heteroatoms. The molecular formula is C22H26O6. The molecule has 0 aliphatic carbocycles. The maximum atomic E-state index is 12.2. The molecule has 0 radical (unpaired) electrons. The van der Waals surface area contributed by atoms with Crippen LogP contribution in [-0.2, 0) is 30.7 Å². The van der Waals surface area contributed by atoms with Crippen LogP contribution >= 0.6 is 0 Å². The lowest BCUT2D eigenvalue weighted by molar-refractivity contribution is -0.595. The van der Waals surface area contributed by atoms with Gasteiger partial charge < -0.3 is 0 Å². The van der Waals surface area contributed by atoms with E-state index in [-0.39, 0.29) is 10.8 Å². The summed E-state index contributed by atoms with van der Waals surface area (Å²) in [6, 6.07) is 14.0. The van der Waals surface area contributed by atoms with Crippen LogP contribution in [0.4, 0.5) is 0 Å². The van der Waals surface area contributed by atoms with Crippen LogP contribution in [0.5, 0.6) is 0 Å². The molecule has 2 aromatic rings. The van der Waals surface area contributed by atoms with Crippen LogP contribution in [0.2, 0.25) is 0 Å². The molecule has 0 saturated heterocycles. The van der Waals surface area contributed by atoms with Crippen LogP contribution in [-0.4, -0.2) is 11.9 Å². The summed E-state index contributed by atoms with van der Waals surface area (Å²) >= 11 is 0. The van der Waals surface area contributed by atoms with Gasteiger partial charge in [0.2, 0.25) is 0 Å². The van der Waals surface area contributed by atoms with Gasteiger partial charge in [-0.05, 0) is 34.1 Å². The molecule has 0 atom stereocenters. The number of rotatable bonds is 5. The molecule has 150 valence electrons. The Labute approximate surface area is 165 Å². The van der Waals surface area contributed by atoms with Crippen molar-refractivity contribution in [3.05, 3.63) is 70.8 Å². The lowest BCUT2D eigenvalue weighted by Gasteiger charge is -2.21. The zero-order chi connectivity index (χ0) is 20.9. The number of hydrogen-bond donors (Lipinski definition) is 0. The third-order valence-corrected chi connectivity index (χ3v) is 4.16. The fourth-order valence-corrected chi connectivity index (χ4v) is 2.81. The van der Waals surface area contributed by atoms with Crippen LogP contribution in [0, 0.1) is 0 Å². The van der Waals surface area contributed by atoms with Gasteiger partial charge in [0, 0.05) is 10.1 Å². The number of benzene rings is 2. The van der Waals surface area contributed by atoms with Crippen LogP contribution in [0.25, 0.3) is 0 Å². The van der Waals surface area contributed by atoms with Gasteiger partial charge in [0.15, 0.2) is 0 Å². The number of hydrogen-bond acceptors (Lipinski definition) is 6. The highest BCUT2D eigenvalue weighted by Gasteiger charge is 2.24. The SMILES string of the molecule is CC(C)(C)c1ccccc1C(=O)OOOOC(=O)c1ccccc1C(C)(C)C. The monoisotopic (exact) mass is 386 g/mol. The van der Waals surface area contributed by atoms with Crippen molar-refractivity contribution in [3.8, 4) is 0 Å². The lowest BCUT2D eigenvalue weighted by atomic mass is 9.84. The zero-order valence-corrected chi connectivity index (χ0v) is 17.1. The average Bonchev–Trinajstić information content (AvgIpc) is 2.63. The first-order valence-electron chi connectivity index (χ1n) is 8.97. The summed E-state index contributed by atoms with van der Waals surface area (Å²) in [5.41, 5.74) is 1.73. The van der Waals surface area contributed by atoms with Crippen molar-refractivity contribution in [2.75, 3.05) is 0 Å². The van der Waals surface area contributed by atoms with Gasteiger partial charge in [-0.3, -0.25) is 9.78 Å². The lowest BCUT2D eigenvalue weighted by Crippen LogP contribution is -2.20. The van der Waals surface area contributed by atoms with Gasteiger partial charge >= 0.3 is 11.9 Å². The Balaban J connectivity index is 1.96. The molecule has 0 aliphatic heterocycles. The van der Waals surface area contributed by atoms with Crippen molar-refractivity contribution in [2.24, 2.45) is 0 Å². The molecule has 0 aromatic heterocycles. The van der Waals surface area contributed by atoms with Crippen molar-refractivity contribution in [1.82, 2.24) is 0 Å².